The molecule has 0 amide bonds. The van der Waals surface area contributed by atoms with Crippen molar-refractivity contribution in [3.63, 3.8) is 0 Å². The number of anilines is 1. The van der Waals surface area contributed by atoms with Gasteiger partial charge in [0.1, 0.15) is 5.58 Å². The van der Waals surface area contributed by atoms with Crippen molar-refractivity contribution in [3.8, 4) is 0 Å². The highest BCUT2D eigenvalue weighted by atomic mass is 16.4. The predicted octanol–water partition coefficient (Wildman–Crippen LogP) is 1.75. The van der Waals surface area contributed by atoms with Crippen molar-refractivity contribution in [1.82, 2.24) is 0 Å². The van der Waals surface area contributed by atoms with Crippen LogP contribution in [0.3, 0.4) is 0 Å². The molecule has 4 nitrogen and oxygen atoms in total. The minimum Gasteiger partial charge on any atom is -0.423 e. The summed E-state index contributed by atoms with van der Waals surface area (Å²) in [6.07, 6.45) is 1.45. The third kappa shape index (κ3) is 1.99. The molecule has 4 heteroatoms. The number of β-amino-alcohol motifs (C(OH)–C–C–N with tert-alkyl or cyclic N) is 1. The Hall–Kier alpha value is -1.81. The zero-order chi connectivity index (χ0) is 12.5. The number of aliphatic hydroxyl groups excluding tert-OH is 1. The fourth-order valence-electron chi connectivity index (χ4n) is 2.53. The Balaban J connectivity index is 2.12. The van der Waals surface area contributed by atoms with Gasteiger partial charge in [0, 0.05) is 24.5 Å². The van der Waals surface area contributed by atoms with Gasteiger partial charge in [0.25, 0.3) is 0 Å². The van der Waals surface area contributed by atoms with Crippen molar-refractivity contribution >= 4 is 16.7 Å². The van der Waals surface area contributed by atoms with Gasteiger partial charge in [-0.25, -0.2) is 4.79 Å². The van der Waals surface area contributed by atoms with E-state index in [1.807, 2.05) is 18.2 Å². The van der Waals surface area contributed by atoms with Crippen LogP contribution in [0, 0.1) is 0 Å². The normalized spacial score (nSPS) is 20.3. The molecular weight excluding hydrogens is 230 g/mol. The van der Waals surface area contributed by atoms with Crippen molar-refractivity contribution in [3.05, 3.63) is 40.8 Å². The lowest BCUT2D eigenvalue weighted by atomic mass is 10.1. The third-order valence-electron chi connectivity index (χ3n) is 3.37. The maximum atomic E-state index is 11.6. The molecule has 1 atom stereocenters. The average molecular weight is 245 g/mol. The van der Waals surface area contributed by atoms with Crippen LogP contribution in [0.5, 0.6) is 0 Å². The molecule has 3 rings (SSSR count). The first-order valence-electron chi connectivity index (χ1n) is 6.20. The van der Waals surface area contributed by atoms with Crippen LogP contribution in [0.4, 0.5) is 5.69 Å². The maximum Gasteiger partial charge on any atom is 0.338 e. The lowest BCUT2D eigenvalue weighted by Crippen LogP contribution is -2.38. The molecule has 0 saturated carbocycles. The van der Waals surface area contributed by atoms with Gasteiger partial charge >= 0.3 is 5.63 Å². The lowest BCUT2D eigenvalue weighted by Gasteiger charge is -2.32. The predicted molar refractivity (Wildman–Crippen MR) is 69.9 cm³/mol. The molecule has 0 spiro atoms. The van der Waals surface area contributed by atoms with Gasteiger partial charge in [0.05, 0.1) is 11.8 Å². The number of hydrogen-bond donors (Lipinski definition) is 1. The Kier molecular flexibility index (Phi) is 2.80. The van der Waals surface area contributed by atoms with Crippen LogP contribution < -0.4 is 10.5 Å². The summed E-state index contributed by atoms with van der Waals surface area (Å²) in [5.74, 6) is 0. The van der Waals surface area contributed by atoms with Gasteiger partial charge in [-0.2, -0.15) is 0 Å². The van der Waals surface area contributed by atoms with E-state index < -0.39 is 0 Å². The average Bonchev–Trinajstić information content (AvgIpc) is 2.37. The molecule has 18 heavy (non-hydrogen) atoms. The number of para-hydroxylation sites is 1. The minimum absolute atomic E-state index is 0.315. The second-order valence-corrected chi connectivity index (χ2v) is 4.69. The second-order valence-electron chi connectivity index (χ2n) is 4.69. The molecule has 0 bridgehead atoms. The standard InChI is InChI=1S/C14H15NO3/c16-10-4-3-7-15(9-10)12-8-14(17)18-13-6-2-1-5-11(12)13/h1-2,5-6,8,10,16H,3-4,7,9H2/t10-/m0/s1. The van der Waals surface area contributed by atoms with Crippen LogP contribution in [-0.2, 0) is 0 Å². The summed E-state index contributed by atoms with van der Waals surface area (Å²) in [5, 5.41) is 10.7. The Labute approximate surface area is 104 Å². The summed E-state index contributed by atoms with van der Waals surface area (Å²) < 4.78 is 5.18. The lowest BCUT2D eigenvalue weighted by molar-refractivity contribution is 0.154. The molecule has 2 heterocycles. The van der Waals surface area contributed by atoms with Gasteiger partial charge in [0.2, 0.25) is 0 Å². The van der Waals surface area contributed by atoms with E-state index in [1.54, 1.807) is 6.07 Å². The van der Waals surface area contributed by atoms with Crippen molar-refractivity contribution in [2.24, 2.45) is 0 Å². The quantitative estimate of drug-likeness (QED) is 0.778. The van der Waals surface area contributed by atoms with Crippen LogP contribution in [0.1, 0.15) is 12.8 Å². The Morgan fingerprint density at radius 3 is 3.00 bits per heavy atom. The summed E-state index contributed by atoms with van der Waals surface area (Å²) >= 11 is 0. The summed E-state index contributed by atoms with van der Waals surface area (Å²) in [6.45, 7) is 1.44. The third-order valence-corrected chi connectivity index (χ3v) is 3.37. The fraction of sp³-hybridized carbons (Fsp3) is 0.357. The number of rotatable bonds is 1. The van der Waals surface area contributed by atoms with E-state index in [-0.39, 0.29) is 11.7 Å². The molecule has 1 aromatic heterocycles. The molecule has 0 radical (unpaired) electrons. The smallest absolute Gasteiger partial charge is 0.338 e. The SMILES string of the molecule is O=c1cc(N2CCC[C@H](O)C2)c2ccccc2o1. The highest BCUT2D eigenvalue weighted by Crippen LogP contribution is 2.27. The van der Waals surface area contributed by atoms with Crippen molar-refractivity contribution in [2.75, 3.05) is 18.0 Å². The molecule has 94 valence electrons. The van der Waals surface area contributed by atoms with Crippen LogP contribution in [0.15, 0.2) is 39.5 Å². The molecule has 1 saturated heterocycles. The van der Waals surface area contributed by atoms with Crippen LogP contribution in [0.25, 0.3) is 11.0 Å². The number of nitrogens with zero attached hydrogens (tertiary/aromatic N) is 1. The monoisotopic (exact) mass is 245 g/mol. The summed E-state index contributed by atoms with van der Waals surface area (Å²) in [5.41, 5.74) is 1.12. The second kappa shape index (κ2) is 4.46. The first-order valence-corrected chi connectivity index (χ1v) is 6.20. The number of benzene rings is 1. The summed E-state index contributed by atoms with van der Waals surface area (Å²) in [4.78, 5) is 13.6. The summed E-state index contributed by atoms with van der Waals surface area (Å²) in [6, 6.07) is 9.02. The van der Waals surface area contributed by atoms with Crippen LogP contribution >= 0.6 is 0 Å². The van der Waals surface area contributed by atoms with Crippen molar-refractivity contribution in [1.29, 1.82) is 0 Å². The highest BCUT2D eigenvalue weighted by molar-refractivity contribution is 5.90. The first kappa shape index (κ1) is 11.3. The fourth-order valence-corrected chi connectivity index (χ4v) is 2.53. The van der Waals surface area contributed by atoms with E-state index >= 15 is 0 Å². The summed E-state index contributed by atoms with van der Waals surface area (Å²) in [7, 11) is 0. The van der Waals surface area contributed by atoms with E-state index in [9.17, 15) is 9.90 Å². The van der Waals surface area contributed by atoms with Gasteiger partial charge in [0.15, 0.2) is 0 Å². The molecule has 1 aliphatic heterocycles. The molecule has 0 aliphatic carbocycles. The molecule has 1 aliphatic rings. The van der Waals surface area contributed by atoms with Crippen molar-refractivity contribution < 1.29 is 9.52 Å². The van der Waals surface area contributed by atoms with Crippen LogP contribution in [-0.4, -0.2) is 24.3 Å². The Bertz CT molecular complexity index is 620. The van der Waals surface area contributed by atoms with E-state index in [1.165, 1.54) is 6.07 Å². The van der Waals surface area contributed by atoms with Gasteiger partial charge in [-0.3, -0.25) is 0 Å². The zero-order valence-electron chi connectivity index (χ0n) is 10.0. The molecular formula is C14H15NO3. The molecule has 2 aromatic rings. The molecule has 1 aromatic carbocycles. The number of hydrogen-bond acceptors (Lipinski definition) is 4. The molecule has 1 fully saturated rings. The topological polar surface area (TPSA) is 53.7 Å². The van der Waals surface area contributed by atoms with E-state index in [2.05, 4.69) is 4.90 Å². The Morgan fingerprint density at radius 2 is 2.17 bits per heavy atom. The van der Waals surface area contributed by atoms with E-state index in [4.69, 9.17) is 4.42 Å². The van der Waals surface area contributed by atoms with Crippen LogP contribution in [0.2, 0.25) is 0 Å². The van der Waals surface area contributed by atoms with Gasteiger partial charge in [-0.05, 0) is 25.0 Å². The van der Waals surface area contributed by atoms with Gasteiger partial charge < -0.3 is 14.4 Å². The van der Waals surface area contributed by atoms with E-state index in [0.717, 1.165) is 30.5 Å². The largest absolute Gasteiger partial charge is 0.423 e. The zero-order valence-corrected chi connectivity index (χ0v) is 10.0. The van der Waals surface area contributed by atoms with E-state index in [0.29, 0.717) is 12.1 Å². The van der Waals surface area contributed by atoms with Gasteiger partial charge in [-0.15, -0.1) is 0 Å². The number of piperidine rings is 1. The first-order chi connectivity index (χ1) is 8.74. The minimum atomic E-state index is -0.344. The molecule has 0 unspecified atom stereocenters. The Morgan fingerprint density at radius 1 is 1.33 bits per heavy atom. The van der Waals surface area contributed by atoms with Crippen molar-refractivity contribution in [2.45, 2.75) is 18.9 Å². The number of aliphatic hydroxyl groups is 1. The molecule has 1 N–H and O–H groups in total. The maximum absolute atomic E-state index is 11.6. The van der Waals surface area contributed by atoms with Gasteiger partial charge in [-0.1, -0.05) is 12.1 Å². The highest BCUT2D eigenvalue weighted by Gasteiger charge is 2.20. The number of fused-ring (bicyclic) bond motifs is 1.